The standard InChI is InChI=1S/C16H24N2O3/c1-3-6-16(7-4-2)8-5-9-18(16)15(20)14(19)17-10-12-21-13-11-17/h3-4H,1-2,5-13H2. The first-order chi connectivity index (χ1) is 10.1. The van der Waals surface area contributed by atoms with Gasteiger partial charge in [-0.05, 0) is 25.7 Å². The van der Waals surface area contributed by atoms with Crippen molar-refractivity contribution in [3.8, 4) is 0 Å². The van der Waals surface area contributed by atoms with E-state index in [4.69, 9.17) is 4.74 Å². The highest BCUT2D eigenvalue weighted by Crippen LogP contribution is 2.36. The van der Waals surface area contributed by atoms with Crippen LogP contribution in [-0.2, 0) is 14.3 Å². The van der Waals surface area contributed by atoms with Crippen LogP contribution in [0.4, 0.5) is 0 Å². The molecule has 2 aliphatic heterocycles. The van der Waals surface area contributed by atoms with E-state index in [1.54, 1.807) is 9.80 Å². The lowest BCUT2D eigenvalue weighted by Crippen LogP contribution is -2.54. The van der Waals surface area contributed by atoms with Gasteiger partial charge in [-0.3, -0.25) is 9.59 Å². The van der Waals surface area contributed by atoms with Crippen molar-refractivity contribution in [3.63, 3.8) is 0 Å². The van der Waals surface area contributed by atoms with Gasteiger partial charge in [-0.1, -0.05) is 12.2 Å². The maximum atomic E-state index is 12.6. The van der Waals surface area contributed by atoms with Gasteiger partial charge in [0.1, 0.15) is 0 Å². The van der Waals surface area contributed by atoms with Gasteiger partial charge in [0.2, 0.25) is 0 Å². The number of ether oxygens (including phenoxy) is 1. The second-order valence-electron chi connectivity index (χ2n) is 5.67. The summed E-state index contributed by atoms with van der Waals surface area (Å²) in [6.45, 7) is 10.2. The number of carbonyl (C=O) groups is 2. The molecule has 0 N–H and O–H groups in total. The van der Waals surface area contributed by atoms with E-state index in [1.165, 1.54) is 0 Å². The average Bonchev–Trinajstić information content (AvgIpc) is 2.91. The first-order valence-electron chi connectivity index (χ1n) is 7.55. The van der Waals surface area contributed by atoms with Crippen molar-refractivity contribution < 1.29 is 14.3 Å². The van der Waals surface area contributed by atoms with Crippen LogP contribution in [0.2, 0.25) is 0 Å². The van der Waals surface area contributed by atoms with Crippen LogP contribution in [-0.4, -0.2) is 60.0 Å². The third-order valence-electron chi connectivity index (χ3n) is 4.37. The second kappa shape index (κ2) is 6.89. The number of rotatable bonds is 4. The zero-order valence-corrected chi connectivity index (χ0v) is 12.6. The molecular formula is C16H24N2O3. The lowest BCUT2D eigenvalue weighted by molar-refractivity contribution is -0.156. The Morgan fingerprint density at radius 2 is 1.67 bits per heavy atom. The van der Waals surface area contributed by atoms with Gasteiger partial charge in [0, 0.05) is 19.6 Å². The summed E-state index contributed by atoms with van der Waals surface area (Å²) in [5.74, 6) is -0.796. The highest BCUT2D eigenvalue weighted by molar-refractivity contribution is 6.35. The Morgan fingerprint density at radius 3 is 2.24 bits per heavy atom. The van der Waals surface area contributed by atoms with Gasteiger partial charge in [-0.25, -0.2) is 0 Å². The molecule has 2 heterocycles. The fourth-order valence-corrected chi connectivity index (χ4v) is 3.32. The fraction of sp³-hybridized carbons (Fsp3) is 0.625. The molecule has 0 saturated carbocycles. The van der Waals surface area contributed by atoms with Crippen LogP contribution in [0.5, 0.6) is 0 Å². The summed E-state index contributed by atoms with van der Waals surface area (Å²) in [7, 11) is 0. The summed E-state index contributed by atoms with van der Waals surface area (Å²) in [6, 6.07) is 0. The molecule has 0 aromatic carbocycles. The van der Waals surface area contributed by atoms with Crippen molar-refractivity contribution in [2.75, 3.05) is 32.8 Å². The van der Waals surface area contributed by atoms with Crippen LogP contribution < -0.4 is 0 Å². The molecule has 2 amide bonds. The van der Waals surface area contributed by atoms with Crippen molar-refractivity contribution in [1.29, 1.82) is 0 Å². The first-order valence-corrected chi connectivity index (χ1v) is 7.55. The Balaban J connectivity index is 2.13. The van der Waals surface area contributed by atoms with Gasteiger partial charge >= 0.3 is 11.8 Å². The molecule has 21 heavy (non-hydrogen) atoms. The number of carbonyl (C=O) groups excluding carboxylic acids is 2. The molecule has 2 rings (SSSR count). The Kier molecular flexibility index (Phi) is 5.17. The summed E-state index contributed by atoms with van der Waals surface area (Å²) < 4.78 is 5.23. The molecule has 0 atom stereocenters. The summed E-state index contributed by atoms with van der Waals surface area (Å²) in [5.41, 5.74) is -0.317. The van der Waals surface area contributed by atoms with Gasteiger partial charge < -0.3 is 14.5 Å². The van der Waals surface area contributed by atoms with Crippen LogP contribution in [0.3, 0.4) is 0 Å². The summed E-state index contributed by atoms with van der Waals surface area (Å²) in [4.78, 5) is 28.4. The minimum atomic E-state index is -0.405. The predicted molar refractivity (Wildman–Crippen MR) is 80.7 cm³/mol. The van der Waals surface area contributed by atoms with Crippen molar-refractivity contribution >= 4 is 11.8 Å². The molecule has 0 radical (unpaired) electrons. The quantitative estimate of drug-likeness (QED) is 0.581. The van der Waals surface area contributed by atoms with Crippen molar-refractivity contribution in [2.45, 2.75) is 31.2 Å². The van der Waals surface area contributed by atoms with E-state index in [0.717, 1.165) is 12.8 Å². The third-order valence-corrected chi connectivity index (χ3v) is 4.37. The third kappa shape index (κ3) is 3.18. The maximum absolute atomic E-state index is 12.6. The molecule has 0 spiro atoms. The predicted octanol–water partition coefficient (Wildman–Crippen LogP) is 1.36. The number of hydrogen-bond donors (Lipinski definition) is 0. The fourth-order valence-electron chi connectivity index (χ4n) is 3.32. The summed E-state index contributed by atoms with van der Waals surface area (Å²) in [5, 5.41) is 0. The Hall–Kier alpha value is -1.62. The SMILES string of the molecule is C=CCC1(CC=C)CCCN1C(=O)C(=O)N1CCOCC1. The average molecular weight is 292 g/mol. The van der Waals surface area contributed by atoms with Gasteiger partial charge in [-0.15, -0.1) is 13.2 Å². The minimum Gasteiger partial charge on any atom is -0.378 e. The lowest BCUT2D eigenvalue weighted by atomic mass is 9.88. The minimum absolute atomic E-state index is 0.317. The molecule has 0 aliphatic carbocycles. The molecule has 5 nitrogen and oxygen atoms in total. The smallest absolute Gasteiger partial charge is 0.312 e. The molecule has 0 bridgehead atoms. The van der Waals surface area contributed by atoms with E-state index in [-0.39, 0.29) is 5.54 Å². The monoisotopic (exact) mass is 292 g/mol. The summed E-state index contributed by atoms with van der Waals surface area (Å²) in [6.07, 6.45) is 6.86. The van der Waals surface area contributed by atoms with E-state index in [9.17, 15) is 9.59 Å². The van der Waals surface area contributed by atoms with Crippen LogP contribution in [0.15, 0.2) is 25.3 Å². The zero-order chi connectivity index (χ0) is 15.3. The van der Waals surface area contributed by atoms with E-state index in [2.05, 4.69) is 13.2 Å². The molecule has 5 heteroatoms. The number of morpholine rings is 1. The van der Waals surface area contributed by atoms with E-state index >= 15 is 0 Å². The van der Waals surface area contributed by atoms with Crippen LogP contribution in [0.25, 0.3) is 0 Å². The molecule has 2 saturated heterocycles. The van der Waals surface area contributed by atoms with Crippen LogP contribution in [0.1, 0.15) is 25.7 Å². The normalized spacial score (nSPS) is 21.1. The Labute approximate surface area is 126 Å². The molecule has 2 fully saturated rings. The van der Waals surface area contributed by atoms with Crippen molar-refractivity contribution in [3.05, 3.63) is 25.3 Å². The molecule has 0 unspecified atom stereocenters. The zero-order valence-electron chi connectivity index (χ0n) is 12.6. The first kappa shape index (κ1) is 15.8. The van der Waals surface area contributed by atoms with Gasteiger partial charge in [0.05, 0.1) is 18.8 Å². The Morgan fingerprint density at radius 1 is 1.05 bits per heavy atom. The maximum Gasteiger partial charge on any atom is 0.312 e. The number of amides is 2. The molecule has 116 valence electrons. The van der Waals surface area contributed by atoms with Gasteiger partial charge in [0.15, 0.2) is 0 Å². The highest BCUT2D eigenvalue weighted by atomic mass is 16.5. The second-order valence-corrected chi connectivity index (χ2v) is 5.67. The van der Waals surface area contributed by atoms with Crippen molar-refractivity contribution in [2.24, 2.45) is 0 Å². The highest BCUT2D eigenvalue weighted by Gasteiger charge is 2.44. The van der Waals surface area contributed by atoms with Crippen molar-refractivity contribution in [1.82, 2.24) is 9.80 Å². The van der Waals surface area contributed by atoms with Gasteiger partial charge in [0.25, 0.3) is 0 Å². The molecule has 0 aromatic heterocycles. The largest absolute Gasteiger partial charge is 0.378 e. The van der Waals surface area contributed by atoms with E-state index < -0.39 is 11.8 Å². The number of nitrogens with zero attached hydrogens (tertiary/aromatic N) is 2. The van der Waals surface area contributed by atoms with Gasteiger partial charge in [-0.2, -0.15) is 0 Å². The lowest BCUT2D eigenvalue weighted by Gasteiger charge is -2.38. The molecule has 2 aliphatic rings. The van der Waals surface area contributed by atoms with E-state index in [1.807, 2.05) is 12.2 Å². The number of hydrogen-bond acceptors (Lipinski definition) is 3. The Bertz CT molecular complexity index is 417. The number of likely N-dealkylation sites (tertiary alicyclic amines) is 1. The van der Waals surface area contributed by atoms with Crippen LogP contribution >= 0.6 is 0 Å². The molecular weight excluding hydrogens is 268 g/mol. The summed E-state index contributed by atoms with van der Waals surface area (Å²) >= 11 is 0. The van der Waals surface area contributed by atoms with E-state index in [0.29, 0.717) is 45.7 Å². The molecule has 0 aromatic rings. The van der Waals surface area contributed by atoms with Crippen LogP contribution in [0, 0.1) is 0 Å². The topological polar surface area (TPSA) is 49.9 Å².